The molecule has 1 saturated carbocycles. The Balaban J connectivity index is 1.39. The molecule has 2 heterocycles. The van der Waals surface area contributed by atoms with Crippen molar-refractivity contribution in [2.24, 2.45) is 5.92 Å². The van der Waals surface area contributed by atoms with Crippen LogP contribution in [0.5, 0.6) is 0 Å². The molecule has 3 rings (SSSR count). The predicted octanol–water partition coefficient (Wildman–Crippen LogP) is 2.43. The summed E-state index contributed by atoms with van der Waals surface area (Å²) in [5.74, 6) is 0.645. The van der Waals surface area contributed by atoms with Gasteiger partial charge in [-0.1, -0.05) is 0 Å². The van der Waals surface area contributed by atoms with Crippen molar-refractivity contribution >= 4 is 16.9 Å². The molecule has 1 amide bonds. The van der Waals surface area contributed by atoms with Gasteiger partial charge < -0.3 is 15.0 Å². The summed E-state index contributed by atoms with van der Waals surface area (Å²) in [5, 5.41) is 4.15. The maximum absolute atomic E-state index is 11.9. The quantitative estimate of drug-likeness (QED) is 0.825. The summed E-state index contributed by atoms with van der Waals surface area (Å²) >= 11 is 0. The number of rotatable bonds is 7. The molecule has 0 aliphatic heterocycles. The topological polar surface area (TPSA) is 67.0 Å². The van der Waals surface area contributed by atoms with Gasteiger partial charge in [0.15, 0.2) is 0 Å². The summed E-state index contributed by atoms with van der Waals surface area (Å²) in [7, 11) is 0. The second-order valence-corrected chi connectivity index (χ2v) is 5.93. The summed E-state index contributed by atoms with van der Waals surface area (Å²) in [6.45, 7) is 3.45. The molecule has 0 unspecified atom stereocenters. The molecule has 5 heteroatoms. The number of aromatic nitrogens is 2. The van der Waals surface area contributed by atoms with E-state index in [1.807, 2.05) is 19.2 Å². The van der Waals surface area contributed by atoms with Crippen molar-refractivity contribution in [1.29, 1.82) is 0 Å². The average Bonchev–Trinajstić information content (AvgIpc) is 2.89. The lowest BCUT2D eigenvalue weighted by Crippen LogP contribution is -2.36. The number of carbonyl (C=O) groups is 1. The lowest BCUT2D eigenvalue weighted by atomic mass is 9.80. The largest absolute Gasteiger partial charge is 0.378 e. The van der Waals surface area contributed by atoms with Crippen LogP contribution in [0.3, 0.4) is 0 Å². The summed E-state index contributed by atoms with van der Waals surface area (Å²) in [6.07, 6.45) is 7.62. The fourth-order valence-corrected chi connectivity index (χ4v) is 3.10. The molecule has 0 aromatic carbocycles. The summed E-state index contributed by atoms with van der Waals surface area (Å²) in [4.78, 5) is 19.4. The highest BCUT2D eigenvalue weighted by molar-refractivity contribution is 5.79. The maximum Gasteiger partial charge on any atom is 0.220 e. The number of amides is 1. The van der Waals surface area contributed by atoms with Crippen LogP contribution in [0.25, 0.3) is 11.0 Å². The Hall–Kier alpha value is -1.88. The summed E-state index contributed by atoms with van der Waals surface area (Å²) < 4.78 is 5.52. The van der Waals surface area contributed by atoms with Crippen molar-refractivity contribution in [3.8, 4) is 0 Å². The van der Waals surface area contributed by atoms with E-state index in [4.69, 9.17) is 4.74 Å². The Bertz CT molecular complexity index is 632. The van der Waals surface area contributed by atoms with Gasteiger partial charge in [-0.25, -0.2) is 4.98 Å². The minimum Gasteiger partial charge on any atom is -0.378 e. The molecule has 0 saturated heterocycles. The van der Waals surface area contributed by atoms with E-state index in [0.29, 0.717) is 25.0 Å². The second kappa shape index (κ2) is 6.92. The van der Waals surface area contributed by atoms with E-state index in [-0.39, 0.29) is 5.91 Å². The van der Waals surface area contributed by atoms with Crippen LogP contribution in [0.2, 0.25) is 0 Å². The number of hydrogen-bond acceptors (Lipinski definition) is 3. The molecule has 1 aliphatic rings. The van der Waals surface area contributed by atoms with Gasteiger partial charge in [-0.3, -0.25) is 4.79 Å². The number of carbonyl (C=O) groups excluding carboxylic acids is 1. The zero-order valence-corrected chi connectivity index (χ0v) is 13.0. The molecule has 1 aliphatic carbocycles. The van der Waals surface area contributed by atoms with E-state index >= 15 is 0 Å². The number of hydrogen-bond donors (Lipinski definition) is 2. The Labute approximate surface area is 130 Å². The Morgan fingerprint density at radius 2 is 2.36 bits per heavy atom. The average molecular weight is 301 g/mol. The smallest absolute Gasteiger partial charge is 0.220 e. The van der Waals surface area contributed by atoms with Crippen LogP contribution in [0.1, 0.15) is 31.7 Å². The Kier molecular flexibility index (Phi) is 4.73. The molecule has 2 aromatic heterocycles. The van der Waals surface area contributed by atoms with Crippen LogP contribution in [0.15, 0.2) is 24.5 Å². The van der Waals surface area contributed by atoms with Crippen LogP contribution in [-0.2, 0) is 16.0 Å². The van der Waals surface area contributed by atoms with E-state index in [1.54, 1.807) is 6.20 Å². The SMILES string of the molecule is CCOC1CC(CC(=O)NCCc2c[nH]c3ncccc23)C1. The van der Waals surface area contributed by atoms with Crippen molar-refractivity contribution in [1.82, 2.24) is 15.3 Å². The maximum atomic E-state index is 11.9. The number of nitrogens with one attached hydrogen (secondary N) is 2. The standard InChI is InChI=1S/C17H23N3O2/c1-2-22-14-8-12(9-14)10-16(21)18-7-5-13-11-20-17-15(13)4-3-6-19-17/h3-4,6,11-12,14H,2,5,7-10H2,1H3,(H,18,21)(H,19,20). The first-order valence-electron chi connectivity index (χ1n) is 8.05. The van der Waals surface area contributed by atoms with Gasteiger partial charge in [0.05, 0.1) is 6.10 Å². The van der Waals surface area contributed by atoms with E-state index in [1.165, 1.54) is 5.56 Å². The fourth-order valence-electron chi connectivity index (χ4n) is 3.10. The lowest BCUT2D eigenvalue weighted by Gasteiger charge is -2.34. The number of fused-ring (bicyclic) bond motifs is 1. The molecule has 5 nitrogen and oxygen atoms in total. The molecule has 0 radical (unpaired) electrons. The van der Waals surface area contributed by atoms with Crippen molar-refractivity contribution in [3.05, 3.63) is 30.1 Å². The van der Waals surface area contributed by atoms with Crippen LogP contribution >= 0.6 is 0 Å². The van der Waals surface area contributed by atoms with E-state index in [9.17, 15) is 4.79 Å². The molecule has 0 spiro atoms. The van der Waals surface area contributed by atoms with E-state index < -0.39 is 0 Å². The third kappa shape index (κ3) is 3.47. The molecule has 0 bridgehead atoms. The number of ether oxygens (including phenoxy) is 1. The predicted molar refractivity (Wildman–Crippen MR) is 85.6 cm³/mol. The molecule has 22 heavy (non-hydrogen) atoms. The molecule has 1 fully saturated rings. The van der Waals surface area contributed by atoms with Crippen LogP contribution < -0.4 is 5.32 Å². The van der Waals surface area contributed by atoms with Crippen molar-refractivity contribution in [2.45, 2.75) is 38.7 Å². The number of pyridine rings is 1. The van der Waals surface area contributed by atoms with Gasteiger partial charge >= 0.3 is 0 Å². The monoisotopic (exact) mass is 301 g/mol. The van der Waals surface area contributed by atoms with Crippen molar-refractivity contribution in [3.63, 3.8) is 0 Å². The van der Waals surface area contributed by atoms with Gasteiger partial charge in [0.2, 0.25) is 5.91 Å². The summed E-state index contributed by atoms with van der Waals surface area (Å²) in [6, 6.07) is 3.99. The van der Waals surface area contributed by atoms with Gasteiger partial charge in [-0.15, -0.1) is 0 Å². The number of aromatic amines is 1. The number of nitrogens with zero attached hydrogens (tertiary/aromatic N) is 1. The fraction of sp³-hybridized carbons (Fsp3) is 0.529. The molecular weight excluding hydrogens is 278 g/mol. The third-order valence-electron chi connectivity index (χ3n) is 4.32. The molecular formula is C17H23N3O2. The van der Waals surface area contributed by atoms with Gasteiger partial charge in [0, 0.05) is 37.4 Å². The molecule has 118 valence electrons. The molecule has 0 atom stereocenters. The van der Waals surface area contributed by atoms with Crippen LogP contribution in [0, 0.1) is 5.92 Å². The van der Waals surface area contributed by atoms with Crippen molar-refractivity contribution in [2.75, 3.05) is 13.2 Å². The highest BCUT2D eigenvalue weighted by Gasteiger charge is 2.30. The molecule has 2 N–H and O–H groups in total. The Morgan fingerprint density at radius 3 is 3.18 bits per heavy atom. The Morgan fingerprint density at radius 1 is 1.50 bits per heavy atom. The first kappa shape index (κ1) is 15.0. The third-order valence-corrected chi connectivity index (χ3v) is 4.32. The lowest BCUT2D eigenvalue weighted by molar-refractivity contribution is -0.124. The van der Waals surface area contributed by atoms with E-state index in [2.05, 4.69) is 21.4 Å². The highest BCUT2D eigenvalue weighted by Crippen LogP contribution is 2.32. The van der Waals surface area contributed by atoms with Gasteiger partial charge in [0.25, 0.3) is 0 Å². The van der Waals surface area contributed by atoms with E-state index in [0.717, 1.165) is 36.9 Å². The minimum absolute atomic E-state index is 0.151. The van der Waals surface area contributed by atoms with Crippen LogP contribution in [-0.4, -0.2) is 35.1 Å². The van der Waals surface area contributed by atoms with Crippen molar-refractivity contribution < 1.29 is 9.53 Å². The summed E-state index contributed by atoms with van der Waals surface area (Å²) in [5.41, 5.74) is 2.10. The minimum atomic E-state index is 0.151. The molecule has 2 aromatic rings. The number of H-pyrrole nitrogens is 1. The first-order chi connectivity index (χ1) is 10.8. The first-order valence-corrected chi connectivity index (χ1v) is 8.05. The highest BCUT2D eigenvalue weighted by atomic mass is 16.5. The zero-order valence-electron chi connectivity index (χ0n) is 13.0. The zero-order chi connectivity index (χ0) is 15.4. The van der Waals surface area contributed by atoms with Gasteiger partial charge in [-0.2, -0.15) is 0 Å². The second-order valence-electron chi connectivity index (χ2n) is 5.93. The van der Waals surface area contributed by atoms with Gasteiger partial charge in [0.1, 0.15) is 5.65 Å². The van der Waals surface area contributed by atoms with Crippen LogP contribution in [0.4, 0.5) is 0 Å². The van der Waals surface area contributed by atoms with Gasteiger partial charge in [-0.05, 0) is 49.8 Å². The normalized spacial score (nSPS) is 20.8.